The fraction of sp³-hybridized carbons (Fsp3) is 0.308. The number of pyridine rings is 1. The number of nitrogens with zero attached hydrogens (tertiary/aromatic N) is 2. The monoisotopic (exact) mass is 371 g/mol. The Bertz CT molecular complexity index is 769. The molecule has 0 spiro atoms. The number of sulfonamides is 1. The summed E-state index contributed by atoms with van der Waals surface area (Å²) in [5.41, 5.74) is 1.04. The van der Waals surface area contributed by atoms with Gasteiger partial charge in [0.25, 0.3) is 10.0 Å². The van der Waals surface area contributed by atoms with Crippen LogP contribution in [0.1, 0.15) is 24.6 Å². The smallest absolute Gasteiger partial charge is 0.263 e. The second-order valence-corrected chi connectivity index (χ2v) is 7.46. The highest BCUT2D eigenvalue weighted by atomic mass is 79.9. The standard InChI is InChI=1S/C13H14BrN3O3S/c14-12-6-15-4-3-13(12)16-21(19,20)11-5-10(8-18)17(7-11)9-1-2-9/h3-7,9,18H,1-2,8H2,(H,15,16). The molecule has 8 heteroatoms. The van der Waals surface area contributed by atoms with Gasteiger partial charge in [0.1, 0.15) is 4.90 Å². The molecule has 112 valence electrons. The average Bonchev–Trinajstić information content (AvgIpc) is 3.19. The first-order valence-electron chi connectivity index (χ1n) is 6.45. The average molecular weight is 372 g/mol. The highest BCUT2D eigenvalue weighted by Crippen LogP contribution is 2.37. The highest BCUT2D eigenvalue weighted by molar-refractivity contribution is 9.10. The van der Waals surface area contributed by atoms with Crippen LogP contribution in [-0.4, -0.2) is 23.1 Å². The third kappa shape index (κ3) is 2.97. The molecule has 1 saturated carbocycles. The summed E-state index contributed by atoms with van der Waals surface area (Å²) >= 11 is 3.25. The molecule has 2 aromatic rings. The van der Waals surface area contributed by atoms with Gasteiger partial charge in [0, 0.05) is 30.3 Å². The Labute approximate surface area is 131 Å². The Morgan fingerprint density at radius 1 is 1.48 bits per heavy atom. The Morgan fingerprint density at radius 3 is 2.86 bits per heavy atom. The molecule has 0 radical (unpaired) electrons. The molecule has 1 aliphatic carbocycles. The number of hydrogen-bond acceptors (Lipinski definition) is 4. The van der Waals surface area contributed by atoms with E-state index in [0.29, 0.717) is 21.9 Å². The van der Waals surface area contributed by atoms with E-state index in [2.05, 4.69) is 25.6 Å². The second kappa shape index (κ2) is 5.43. The summed E-state index contributed by atoms with van der Waals surface area (Å²) in [4.78, 5) is 4.05. The third-order valence-electron chi connectivity index (χ3n) is 3.34. The largest absolute Gasteiger partial charge is 0.390 e. The van der Waals surface area contributed by atoms with Crippen LogP contribution in [0.3, 0.4) is 0 Å². The Hall–Kier alpha value is -1.38. The molecule has 0 amide bonds. The van der Waals surface area contributed by atoms with Gasteiger partial charge in [-0.1, -0.05) is 0 Å². The number of aromatic nitrogens is 2. The molecule has 2 heterocycles. The van der Waals surface area contributed by atoms with Gasteiger partial charge in [-0.3, -0.25) is 9.71 Å². The normalized spacial score (nSPS) is 15.1. The van der Waals surface area contributed by atoms with Gasteiger partial charge in [0.2, 0.25) is 0 Å². The number of hydrogen-bond donors (Lipinski definition) is 2. The quantitative estimate of drug-likeness (QED) is 0.844. The number of aliphatic hydroxyl groups excluding tert-OH is 1. The molecule has 0 aliphatic heterocycles. The molecule has 6 nitrogen and oxygen atoms in total. The van der Waals surface area contributed by atoms with Crippen LogP contribution in [0.4, 0.5) is 5.69 Å². The molecule has 0 atom stereocenters. The van der Waals surface area contributed by atoms with Crippen LogP contribution in [0.2, 0.25) is 0 Å². The predicted molar refractivity (Wildman–Crippen MR) is 81.4 cm³/mol. The summed E-state index contributed by atoms with van der Waals surface area (Å²) in [5, 5.41) is 9.36. The molecule has 1 fully saturated rings. The zero-order valence-corrected chi connectivity index (χ0v) is 13.4. The van der Waals surface area contributed by atoms with Crippen molar-refractivity contribution < 1.29 is 13.5 Å². The van der Waals surface area contributed by atoms with E-state index in [9.17, 15) is 13.5 Å². The summed E-state index contributed by atoms with van der Waals surface area (Å²) in [7, 11) is -3.69. The molecule has 0 bridgehead atoms. The summed E-state index contributed by atoms with van der Waals surface area (Å²) in [5.74, 6) is 0. The van der Waals surface area contributed by atoms with E-state index in [-0.39, 0.29) is 11.5 Å². The van der Waals surface area contributed by atoms with Crippen molar-refractivity contribution in [3.63, 3.8) is 0 Å². The van der Waals surface area contributed by atoms with Crippen LogP contribution in [-0.2, 0) is 16.6 Å². The van der Waals surface area contributed by atoms with Gasteiger partial charge in [0.15, 0.2) is 0 Å². The molecular formula is C13H14BrN3O3S. The van der Waals surface area contributed by atoms with Gasteiger partial charge in [-0.25, -0.2) is 8.42 Å². The zero-order valence-electron chi connectivity index (χ0n) is 11.0. The zero-order chi connectivity index (χ0) is 15.0. The van der Waals surface area contributed by atoms with Crippen LogP contribution >= 0.6 is 15.9 Å². The van der Waals surface area contributed by atoms with Gasteiger partial charge in [-0.2, -0.15) is 0 Å². The minimum atomic E-state index is -3.69. The molecule has 1 aliphatic rings. The number of aliphatic hydroxyl groups is 1. The lowest BCUT2D eigenvalue weighted by Gasteiger charge is -2.07. The highest BCUT2D eigenvalue weighted by Gasteiger charge is 2.28. The van der Waals surface area contributed by atoms with E-state index in [1.807, 2.05) is 4.57 Å². The molecule has 0 saturated heterocycles. The van der Waals surface area contributed by atoms with Crippen LogP contribution in [0.25, 0.3) is 0 Å². The summed E-state index contributed by atoms with van der Waals surface area (Å²) in [6, 6.07) is 3.39. The maximum absolute atomic E-state index is 12.4. The minimum absolute atomic E-state index is 0.155. The maximum atomic E-state index is 12.4. The fourth-order valence-electron chi connectivity index (χ4n) is 2.12. The maximum Gasteiger partial charge on any atom is 0.263 e. The van der Waals surface area contributed by atoms with Crippen molar-refractivity contribution in [1.29, 1.82) is 0 Å². The van der Waals surface area contributed by atoms with E-state index in [4.69, 9.17) is 0 Å². The second-order valence-electron chi connectivity index (χ2n) is 4.92. The van der Waals surface area contributed by atoms with E-state index < -0.39 is 10.0 Å². The Morgan fingerprint density at radius 2 is 2.24 bits per heavy atom. The lowest BCUT2D eigenvalue weighted by atomic mass is 10.4. The number of anilines is 1. The van der Waals surface area contributed by atoms with Gasteiger partial charge >= 0.3 is 0 Å². The van der Waals surface area contributed by atoms with E-state index >= 15 is 0 Å². The Kier molecular flexibility index (Phi) is 3.76. The van der Waals surface area contributed by atoms with Gasteiger partial charge in [-0.05, 0) is 40.9 Å². The van der Waals surface area contributed by atoms with Crippen LogP contribution < -0.4 is 4.72 Å². The van der Waals surface area contributed by atoms with Crippen molar-refractivity contribution in [1.82, 2.24) is 9.55 Å². The fourth-order valence-corrected chi connectivity index (χ4v) is 3.73. The first-order valence-corrected chi connectivity index (χ1v) is 8.73. The van der Waals surface area contributed by atoms with E-state index in [1.54, 1.807) is 12.3 Å². The van der Waals surface area contributed by atoms with Crippen LogP contribution in [0.15, 0.2) is 40.1 Å². The van der Waals surface area contributed by atoms with Crippen molar-refractivity contribution in [3.8, 4) is 0 Å². The predicted octanol–water partition coefficient (Wildman–Crippen LogP) is 2.27. The first kappa shape index (κ1) is 14.6. The number of rotatable bonds is 5. The van der Waals surface area contributed by atoms with Crippen LogP contribution in [0, 0.1) is 0 Å². The lowest BCUT2D eigenvalue weighted by Crippen LogP contribution is -2.12. The van der Waals surface area contributed by atoms with Crippen molar-refractivity contribution >= 4 is 31.6 Å². The third-order valence-corrected chi connectivity index (χ3v) is 5.30. The van der Waals surface area contributed by atoms with Gasteiger partial charge < -0.3 is 9.67 Å². The molecule has 21 heavy (non-hydrogen) atoms. The molecule has 0 unspecified atom stereocenters. The van der Waals surface area contributed by atoms with E-state index in [0.717, 1.165) is 12.8 Å². The molecule has 0 aromatic carbocycles. The number of halogens is 1. The van der Waals surface area contributed by atoms with E-state index in [1.165, 1.54) is 18.5 Å². The molecule has 2 N–H and O–H groups in total. The first-order chi connectivity index (χ1) is 10.0. The van der Waals surface area contributed by atoms with Gasteiger partial charge in [0.05, 0.1) is 16.8 Å². The van der Waals surface area contributed by atoms with Crippen molar-refractivity contribution in [2.24, 2.45) is 0 Å². The topological polar surface area (TPSA) is 84.2 Å². The van der Waals surface area contributed by atoms with Crippen LogP contribution in [0.5, 0.6) is 0 Å². The molecule has 2 aromatic heterocycles. The SMILES string of the molecule is O=S(=O)(Nc1ccncc1Br)c1cc(CO)n(C2CC2)c1. The Balaban J connectivity index is 1.93. The summed E-state index contributed by atoms with van der Waals surface area (Å²) < 4.78 is 29.8. The van der Waals surface area contributed by atoms with Crippen molar-refractivity contribution in [3.05, 3.63) is 40.9 Å². The number of nitrogens with one attached hydrogen (secondary N) is 1. The minimum Gasteiger partial charge on any atom is -0.390 e. The summed E-state index contributed by atoms with van der Waals surface area (Å²) in [6.07, 6.45) is 6.65. The molecule has 3 rings (SSSR count). The summed E-state index contributed by atoms with van der Waals surface area (Å²) in [6.45, 7) is -0.176. The van der Waals surface area contributed by atoms with Crippen molar-refractivity contribution in [2.75, 3.05) is 4.72 Å². The van der Waals surface area contributed by atoms with Gasteiger partial charge in [-0.15, -0.1) is 0 Å². The molecular weight excluding hydrogens is 358 g/mol. The van der Waals surface area contributed by atoms with Crippen molar-refractivity contribution in [2.45, 2.75) is 30.4 Å². The lowest BCUT2D eigenvalue weighted by molar-refractivity contribution is 0.270.